The lowest BCUT2D eigenvalue weighted by Gasteiger charge is -2.07. The smallest absolute Gasteiger partial charge is 0.0991 e. The molecule has 0 saturated carbocycles. The van der Waals surface area contributed by atoms with Crippen LogP contribution in [0, 0.1) is 6.92 Å². The van der Waals surface area contributed by atoms with Gasteiger partial charge >= 0.3 is 0 Å². The molecule has 3 aromatic rings. The van der Waals surface area contributed by atoms with Gasteiger partial charge in [0.2, 0.25) is 0 Å². The van der Waals surface area contributed by atoms with Crippen molar-refractivity contribution < 1.29 is 0 Å². The lowest BCUT2D eigenvalue weighted by atomic mass is 10.1. The van der Waals surface area contributed by atoms with Crippen LogP contribution in [0.5, 0.6) is 0 Å². The first-order valence-electron chi connectivity index (χ1n) is 7.29. The average Bonchev–Trinajstić information content (AvgIpc) is 3.10. The number of halogens is 1. The van der Waals surface area contributed by atoms with E-state index in [1.54, 1.807) is 12.5 Å². The van der Waals surface area contributed by atoms with Gasteiger partial charge in [-0.2, -0.15) is 5.10 Å². The monoisotopic (exact) mass is 324 g/mol. The number of rotatable bonds is 4. The summed E-state index contributed by atoms with van der Waals surface area (Å²) in [5.41, 5.74) is 7.98. The van der Waals surface area contributed by atoms with Gasteiger partial charge in [0.1, 0.15) is 0 Å². The Morgan fingerprint density at radius 1 is 1.17 bits per heavy atom. The molecular weight excluding hydrogens is 308 g/mol. The summed E-state index contributed by atoms with van der Waals surface area (Å²) in [4.78, 5) is 4.05. The van der Waals surface area contributed by atoms with Crippen LogP contribution in [-0.2, 0) is 0 Å². The van der Waals surface area contributed by atoms with Gasteiger partial charge in [0.15, 0.2) is 0 Å². The van der Waals surface area contributed by atoms with Crippen LogP contribution in [0.3, 0.4) is 0 Å². The summed E-state index contributed by atoms with van der Waals surface area (Å²) in [5.74, 6) is 0. The molecule has 0 aliphatic heterocycles. The van der Waals surface area contributed by atoms with E-state index in [-0.39, 0.29) is 0 Å². The Kier molecular flexibility index (Phi) is 4.44. The number of nitrogens with one attached hydrogen (secondary N) is 1. The standard InChI is InChI=1S/C18H17ClN4/c1-13-3-6-16(11-18(13)19)22-21-14(2)15-4-7-17(8-5-15)23-10-9-20-12-23/h3-12,22H,1-2H3/b21-14+. The predicted octanol–water partition coefficient (Wildman–Crippen LogP) is 4.67. The third-order valence-electron chi connectivity index (χ3n) is 3.61. The Bertz CT molecular complexity index is 821. The van der Waals surface area contributed by atoms with Gasteiger partial charge in [-0.15, -0.1) is 0 Å². The van der Waals surface area contributed by atoms with Crippen LogP contribution in [0.4, 0.5) is 5.69 Å². The first-order valence-corrected chi connectivity index (χ1v) is 7.66. The van der Waals surface area contributed by atoms with E-state index < -0.39 is 0 Å². The van der Waals surface area contributed by atoms with Crippen LogP contribution in [0.2, 0.25) is 5.02 Å². The van der Waals surface area contributed by atoms with Gasteiger partial charge in [-0.3, -0.25) is 5.43 Å². The third kappa shape index (κ3) is 3.60. The third-order valence-corrected chi connectivity index (χ3v) is 4.02. The van der Waals surface area contributed by atoms with Crippen LogP contribution >= 0.6 is 11.6 Å². The minimum Gasteiger partial charge on any atom is -0.306 e. The predicted molar refractivity (Wildman–Crippen MR) is 95.6 cm³/mol. The molecule has 0 fully saturated rings. The van der Waals surface area contributed by atoms with E-state index >= 15 is 0 Å². The van der Waals surface area contributed by atoms with Crippen molar-refractivity contribution in [2.24, 2.45) is 5.10 Å². The van der Waals surface area contributed by atoms with Crippen molar-refractivity contribution in [3.8, 4) is 5.69 Å². The Hall–Kier alpha value is -2.59. The second kappa shape index (κ2) is 6.67. The summed E-state index contributed by atoms with van der Waals surface area (Å²) in [6, 6.07) is 14.0. The van der Waals surface area contributed by atoms with Crippen LogP contribution < -0.4 is 5.43 Å². The van der Waals surface area contributed by atoms with Crippen molar-refractivity contribution in [1.82, 2.24) is 9.55 Å². The van der Waals surface area contributed by atoms with Crippen LogP contribution in [0.15, 0.2) is 66.3 Å². The van der Waals surface area contributed by atoms with Crippen LogP contribution in [0.25, 0.3) is 5.69 Å². The molecule has 23 heavy (non-hydrogen) atoms. The van der Waals surface area contributed by atoms with Gasteiger partial charge in [-0.05, 0) is 49.2 Å². The molecule has 0 saturated heterocycles. The van der Waals surface area contributed by atoms with E-state index in [2.05, 4.69) is 15.5 Å². The highest BCUT2D eigenvalue weighted by Crippen LogP contribution is 2.20. The number of hydrazone groups is 1. The molecule has 1 heterocycles. The first-order chi connectivity index (χ1) is 11.1. The number of hydrogen-bond donors (Lipinski definition) is 1. The molecule has 1 N–H and O–H groups in total. The van der Waals surface area contributed by atoms with E-state index in [9.17, 15) is 0 Å². The van der Waals surface area contributed by atoms with E-state index in [0.717, 1.165) is 33.2 Å². The van der Waals surface area contributed by atoms with Gasteiger partial charge < -0.3 is 4.57 Å². The second-order valence-electron chi connectivity index (χ2n) is 5.29. The lowest BCUT2D eigenvalue weighted by molar-refractivity contribution is 1.06. The van der Waals surface area contributed by atoms with Crippen molar-refractivity contribution in [2.75, 3.05) is 5.43 Å². The Morgan fingerprint density at radius 3 is 2.61 bits per heavy atom. The number of hydrogen-bond acceptors (Lipinski definition) is 3. The number of aromatic nitrogens is 2. The molecule has 0 aliphatic carbocycles. The molecule has 3 rings (SSSR count). The molecule has 0 unspecified atom stereocenters. The van der Waals surface area contributed by atoms with E-state index in [1.807, 2.05) is 67.1 Å². The maximum Gasteiger partial charge on any atom is 0.0991 e. The molecule has 0 aliphatic rings. The zero-order valence-electron chi connectivity index (χ0n) is 13.0. The molecule has 4 nitrogen and oxygen atoms in total. The van der Waals surface area contributed by atoms with E-state index in [4.69, 9.17) is 11.6 Å². The molecule has 0 atom stereocenters. The Morgan fingerprint density at radius 2 is 1.96 bits per heavy atom. The van der Waals surface area contributed by atoms with Gasteiger partial charge in [0.05, 0.1) is 17.7 Å². The van der Waals surface area contributed by atoms with Crippen LogP contribution in [-0.4, -0.2) is 15.3 Å². The number of nitrogens with zero attached hydrogens (tertiary/aromatic N) is 3. The summed E-state index contributed by atoms with van der Waals surface area (Å²) < 4.78 is 1.96. The summed E-state index contributed by atoms with van der Waals surface area (Å²) >= 11 is 6.12. The van der Waals surface area contributed by atoms with Crippen molar-refractivity contribution >= 4 is 23.0 Å². The average molecular weight is 325 g/mol. The maximum absolute atomic E-state index is 6.12. The second-order valence-corrected chi connectivity index (χ2v) is 5.70. The number of aryl methyl sites for hydroxylation is 1. The molecule has 5 heteroatoms. The number of anilines is 1. The van der Waals surface area contributed by atoms with Gasteiger partial charge in [0, 0.05) is 23.1 Å². The quantitative estimate of drug-likeness (QED) is 0.559. The fourth-order valence-electron chi connectivity index (χ4n) is 2.16. The van der Waals surface area contributed by atoms with Gasteiger partial charge in [-0.1, -0.05) is 29.8 Å². The van der Waals surface area contributed by atoms with Gasteiger partial charge in [0.25, 0.3) is 0 Å². The Labute approximate surface area is 140 Å². The highest BCUT2D eigenvalue weighted by molar-refractivity contribution is 6.31. The van der Waals surface area contributed by atoms with Crippen molar-refractivity contribution in [3.05, 3.63) is 77.3 Å². The van der Waals surface area contributed by atoms with Crippen molar-refractivity contribution in [2.45, 2.75) is 13.8 Å². The largest absolute Gasteiger partial charge is 0.306 e. The summed E-state index contributed by atoms with van der Waals surface area (Å²) in [6.07, 6.45) is 5.45. The number of imidazole rings is 1. The van der Waals surface area contributed by atoms with Crippen LogP contribution in [0.1, 0.15) is 18.1 Å². The van der Waals surface area contributed by atoms with Gasteiger partial charge in [-0.25, -0.2) is 4.98 Å². The summed E-state index contributed by atoms with van der Waals surface area (Å²) in [6.45, 7) is 3.94. The highest BCUT2D eigenvalue weighted by Gasteiger charge is 2.01. The normalized spacial score (nSPS) is 11.5. The molecule has 2 aromatic carbocycles. The highest BCUT2D eigenvalue weighted by atomic mass is 35.5. The zero-order valence-corrected chi connectivity index (χ0v) is 13.7. The topological polar surface area (TPSA) is 42.2 Å². The summed E-state index contributed by atoms with van der Waals surface area (Å²) in [5, 5.41) is 5.15. The molecule has 0 radical (unpaired) electrons. The SMILES string of the molecule is C/C(=N\Nc1ccc(C)c(Cl)c1)c1ccc(-n2ccnc2)cc1. The minimum atomic E-state index is 0.729. The van der Waals surface area contributed by atoms with E-state index in [1.165, 1.54) is 0 Å². The summed E-state index contributed by atoms with van der Waals surface area (Å²) in [7, 11) is 0. The molecule has 0 spiro atoms. The molecule has 116 valence electrons. The number of benzene rings is 2. The van der Waals surface area contributed by atoms with Crippen molar-refractivity contribution in [1.29, 1.82) is 0 Å². The maximum atomic E-state index is 6.12. The molecule has 0 bridgehead atoms. The van der Waals surface area contributed by atoms with E-state index in [0.29, 0.717) is 0 Å². The Balaban J connectivity index is 1.74. The lowest BCUT2D eigenvalue weighted by Crippen LogP contribution is -2.00. The molecule has 0 amide bonds. The molecular formula is C18H17ClN4. The van der Waals surface area contributed by atoms with Crippen molar-refractivity contribution in [3.63, 3.8) is 0 Å². The zero-order chi connectivity index (χ0) is 16.2. The fraction of sp³-hybridized carbons (Fsp3) is 0.111. The molecule has 1 aromatic heterocycles. The minimum absolute atomic E-state index is 0.729. The first kappa shape index (κ1) is 15.3. The fourth-order valence-corrected chi connectivity index (χ4v) is 2.34.